The first-order chi connectivity index (χ1) is 9.25. The quantitative estimate of drug-likeness (QED) is 0.928. The molecule has 0 aliphatic heterocycles. The summed E-state index contributed by atoms with van der Waals surface area (Å²) >= 11 is 6.17. The van der Waals surface area contributed by atoms with Crippen LogP contribution in [0.4, 0.5) is 5.69 Å². The summed E-state index contributed by atoms with van der Waals surface area (Å²) < 4.78 is 1.55. The van der Waals surface area contributed by atoms with Crippen LogP contribution in [0.2, 0.25) is 5.02 Å². The molecular weight excluding hydrogens is 274 g/mol. The van der Waals surface area contributed by atoms with Crippen molar-refractivity contribution in [1.82, 2.24) is 9.78 Å². The summed E-state index contributed by atoms with van der Waals surface area (Å²) in [5.41, 5.74) is 0.731. The van der Waals surface area contributed by atoms with Gasteiger partial charge in [0.25, 0.3) is 5.56 Å². The molecule has 110 valence electrons. The van der Waals surface area contributed by atoms with E-state index < -0.39 is 0 Å². The monoisotopic (exact) mass is 295 g/mol. The molecule has 0 saturated heterocycles. The lowest BCUT2D eigenvalue weighted by Gasteiger charge is -2.11. The normalized spacial score (nSPS) is 23.6. The van der Waals surface area contributed by atoms with Crippen LogP contribution >= 0.6 is 11.6 Å². The van der Waals surface area contributed by atoms with Gasteiger partial charge in [0.05, 0.1) is 11.2 Å². The van der Waals surface area contributed by atoms with Gasteiger partial charge < -0.3 is 5.32 Å². The first-order valence-electron chi connectivity index (χ1n) is 7.27. The Morgan fingerprint density at radius 2 is 1.95 bits per heavy atom. The summed E-state index contributed by atoms with van der Waals surface area (Å²) in [5, 5.41) is 7.93. The van der Waals surface area contributed by atoms with E-state index in [1.807, 2.05) is 0 Å². The zero-order valence-electron chi connectivity index (χ0n) is 12.5. The van der Waals surface area contributed by atoms with Crippen molar-refractivity contribution in [3.05, 3.63) is 21.6 Å². The van der Waals surface area contributed by atoms with Crippen LogP contribution < -0.4 is 10.9 Å². The largest absolute Gasteiger partial charge is 0.375 e. The van der Waals surface area contributed by atoms with Gasteiger partial charge in [-0.1, -0.05) is 39.3 Å². The van der Waals surface area contributed by atoms with E-state index in [0.29, 0.717) is 23.2 Å². The number of nitrogens with one attached hydrogen (secondary N) is 1. The predicted molar refractivity (Wildman–Crippen MR) is 81.2 cm³/mol. The fourth-order valence-corrected chi connectivity index (χ4v) is 3.15. The Morgan fingerprint density at radius 1 is 1.35 bits per heavy atom. The van der Waals surface area contributed by atoms with E-state index in [0.717, 1.165) is 0 Å². The minimum atomic E-state index is -0.0945. The summed E-state index contributed by atoms with van der Waals surface area (Å²) in [7, 11) is 0. The number of hydrogen-bond donors (Lipinski definition) is 1. The first-order valence-corrected chi connectivity index (χ1v) is 7.65. The van der Waals surface area contributed by atoms with Gasteiger partial charge in [-0.05, 0) is 29.6 Å². The van der Waals surface area contributed by atoms with Crippen LogP contribution in [0.1, 0.15) is 40.5 Å². The van der Waals surface area contributed by atoms with Gasteiger partial charge in [-0.15, -0.1) is 0 Å². The van der Waals surface area contributed by atoms with Gasteiger partial charge in [0.2, 0.25) is 0 Å². The van der Waals surface area contributed by atoms with Crippen molar-refractivity contribution in [1.29, 1.82) is 0 Å². The molecule has 0 unspecified atom stereocenters. The second-order valence-electron chi connectivity index (χ2n) is 7.32. The zero-order chi connectivity index (χ0) is 14.7. The van der Waals surface area contributed by atoms with Gasteiger partial charge in [0.1, 0.15) is 5.69 Å². The number of rotatable bonds is 4. The Balaban J connectivity index is 1.88. The number of aromatic nitrogens is 2. The summed E-state index contributed by atoms with van der Waals surface area (Å²) in [4.78, 5) is 12.5. The summed E-state index contributed by atoms with van der Waals surface area (Å²) in [6.07, 6.45) is 3.97. The Hall–Kier alpha value is -1.03. The molecular formula is C15H22ClN3O. The Bertz CT molecular complexity index is 588. The highest BCUT2D eigenvalue weighted by molar-refractivity contribution is 6.33. The van der Waals surface area contributed by atoms with Crippen LogP contribution in [0.15, 0.2) is 11.0 Å². The molecule has 0 bridgehead atoms. The summed E-state index contributed by atoms with van der Waals surface area (Å²) in [6, 6.07) is 0.261. The number of nitrogens with zero attached hydrogens (tertiary/aromatic N) is 2. The van der Waals surface area contributed by atoms with Crippen molar-refractivity contribution in [3.63, 3.8) is 0 Å². The Morgan fingerprint density at radius 3 is 2.45 bits per heavy atom. The molecule has 0 amide bonds. The molecule has 0 aromatic carbocycles. The van der Waals surface area contributed by atoms with E-state index in [2.05, 4.69) is 38.1 Å². The molecule has 0 atom stereocenters. The summed E-state index contributed by atoms with van der Waals surface area (Å²) in [5.74, 6) is 0.614. The third-order valence-electron chi connectivity index (χ3n) is 5.44. The van der Waals surface area contributed by atoms with Crippen LogP contribution in [0.25, 0.3) is 0 Å². The molecule has 0 spiro atoms. The highest BCUT2D eigenvalue weighted by Crippen LogP contribution is 2.63. The van der Waals surface area contributed by atoms with Gasteiger partial charge in [-0.3, -0.25) is 4.79 Å². The van der Waals surface area contributed by atoms with Crippen LogP contribution in [0, 0.1) is 16.7 Å². The lowest BCUT2D eigenvalue weighted by molar-refractivity contribution is 0.457. The molecule has 2 aliphatic carbocycles. The van der Waals surface area contributed by atoms with Crippen LogP contribution in [0.3, 0.4) is 0 Å². The molecule has 2 aliphatic rings. The molecule has 3 rings (SSSR count). The third-order valence-corrected chi connectivity index (χ3v) is 5.72. The highest BCUT2D eigenvalue weighted by Gasteiger charge is 2.65. The average Bonchev–Trinajstić information content (AvgIpc) is 3.22. The molecule has 2 fully saturated rings. The Kier molecular flexibility index (Phi) is 2.95. The minimum absolute atomic E-state index is 0.0945. The van der Waals surface area contributed by atoms with E-state index in [-0.39, 0.29) is 22.4 Å². The van der Waals surface area contributed by atoms with E-state index >= 15 is 0 Å². The fourth-order valence-electron chi connectivity index (χ4n) is 2.98. The average molecular weight is 296 g/mol. The molecule has 4 nitrogen and oxygen atoms in total. The van der Waals surface area contributed by atoms with Gasteiger partial charge >= 0.3 is 0 Å². The molecule has 1 aromatic rings. The zero-order valence-corrected chi connectivity index (χ0v) is 13.3. The molecule has 1 N–H and O–H groups in total. The van der Waals surface area contributed by atoms with Gasteiger partial charge in [0.15, 0.2) is 0 Å². The number of halogens is 1. The maximum absolute atomic E-state index is 12.5. The van der Waals surface area contributed by atoms with E-state index in [1.165, 1.54) is 12.8 Å². The van der Waals surface area contributed by atoms with Gasteiger partial charge in [-0.2, -0.15) is 5.10 Å². The van der Waals surface area contributed by atoms with E-state index in [4.69, 9.17) is 11.6 Å². The van der Waals surface area contributed by atoms with Crippen LogP contribution in [-0.4, -0.2) is 15.8 Å². The summed E-state index contributed by atoms with van der Waals surface area (Å²) in [6.45, 7) is 9.55. The minimum Gasteiger partial charge on any atom is -0.375 e. The van der Waals surface area contributed by atoms with Crippen LogP contribution in [0.5, 0.6) is 0 Å². The van der Waals surface area contributed by atoms with E-state index in [9.17, 15) is 4.79 Å². The topological polar surface area (TPSA) is 46.9 Å². The van der Waals surface area contributed by atoms with E-state index in [1.54, 1.807) is 10.9 Å². The second kappa shape index (κ2) is 4.23. The van der Waals surface area contributed by atoms with Gasteiger partial charge in [0, 0.05) is 12.6 Å². The molecule has 1 heterocycles. The highest BCUT2D eigenvalue weighted by atomic mass is 35.5. The van der Waals surface area contributed by atoms with Gasteiger partial charge in [-0.25, -0.2) is 4.68 Å². The molecule has 2 saturated carbocycles. The molecule has 5 heteroatoms. The van der Waals surface area contributed by atoms with Crippen LogP contribution in [-0.2, 0) is 6.54 Å². The standard InChI is InChI=1S/C15H22ClN3O/c1-14(2)13(15(14,3)4)18-11-10(16)7-17-19(12(11)20)8-9-5-6-9/h7,9,13,18H,5-6,8H2,1-4H3. The van der Waals surface area contributed by atoms with Crippen molar-refractivity contribution in [2.45, 2.75) is 53.1 Å². The molecule has 0 radical (unpaired) electrons. The lowest BCUT2D eigenvalue weighted by Crippen LogP contribution is -2.28. The number of anilines is 1. The fraction of sp³-hybridized carbons (Fsp3) is 0.733. The SMILES string of the molecule is CC1(C)C(Nc2c(Cl)cnn(CC3CC3)c2=O)C1(C)C. The first kappa shape index (κ1) is 13.9. The maximum Gasteiger partial charge on any atom is 0.291 e. The lowest BCUT2D eigenvalue weighted by atomic mass is 10.0. The third kappa shape index (κ3) is 2.05. The van der Waals surface area contributed by atoms with Crippen molar-refractivity contribution < 1.29 is 0 Å². The smallest absolute Gasteiger partial charge is 0.291 e. The predicted octanol–water partition coefficient (Wildman–Crippen LogP) is 3.15. The van der Waals surface area contributed by atoms with Crippen molar-refractivity contribution >= 4 is 17.3 Å². The number of hydrogen-bond acceptors (Lipinski definition) is 3. The molecule has 1 aromatic heterocycles. The van der Waals surface area contributed by atoms with Crippen molar-refractivity contribution in [2.75, 3.05) is 5.32 Å². The van der Waals surface area contributed by atoms with Crippen molar-refractivity contribution in [3.8, 4) is 0 Å². The maximum atomic E-state index is 12.5. The second-order valence-corrected chi connectivity index (χ2v) is 7.73. The van der Waals surface area contributed by atoms with Crippen molar-refractivity contribution in [2.24, 2.45) is 16.7 Å². The molecule has 20 heavy (non-hydrogen) atoms. The Labute approximate surface area is 124 Å².